The van der Waals surface area contributed by atoms with Gasteiger partial charge in [0.1, 0.15) is 0 Å². The molecule has 0 N–H and O–H groups in total. The average molecular weight is 159 g/mol. The number of hydrogen-bond donors (Lipinski definition) is 0. The van der Waals surface area contributed by atoms with Gasteiger partial charge in [-0.15, -0.1) is 0 Å². The molecule has 0 saturated carbocycles. The number of allylic oxidation sites excluding steroid dienone is 2. The van der Waals surface area contributed by atoms with Crippen LogP contribution in [-0.2, 0) is 8.85 Å². The van der Waals surface area contributed by atoms with Crippen molar-refractivity contribution < 1.29 is 8.85 Å². The summed E-state index contributed by atoms with van der Waals surface area (Å²) in [7, 11) is 2.46. The molecule has 0 spiro atoms. The van der Waals surface area contributed by atoms with Gasteiger partial charge in [-0.25, -0.2) is 0 Å². The van der Waals surface area contributed by atoms with E-state index in [1.54, 1.807) is 14.2 Å². The predicted molar refractivity (Wildman–Crippen MR) is 44.0 cm³/mol. The van der Waals surface area contributed by atoms with Crippen LogP contribution in [0.15, 0.2) is 12.2 Å². The molecule has 0 aliphatic heterocycles. The number of hydrogen-bond acceptors (Lipinski definition) is 2. The lowest BCUT2D eigenvalue weighted by Gasteiger charge is -2.06. The highest BCUT2D eigenvalue weighted by molar-refractivity contribution is 6.44. The summed E-state index contributed by atoms with van der Waals surface area (Å²) in [5, 5.41) is 0. The second-order valence-electron chi connectivity index (χ2n) is 1.89. The molecule has 0 unspecified atom stereocenters. The van der Waals surface area contributed by atoms with Crippen LogP contribution in [0, 0.1) is 0 Å². The largest absolute Gasteiger partial charge is 0.397 e. The quantitative estimate of drug-likeness (QED) is 0.449. The molecule has 10 heavy (non-hydrogen) atoms. The van der Waals surface area contributed by atoms with Crippen LogP contribution >= 0.6 is 0 Å². The van der Waals surface area contributed by atoms with Crippen LogP contribution in [0.5, 0.6) is 0 Å². The summed E-state index contributed by atoms with van der Waals surface area (Å²) in [6.45, 7) is 2.02. The average Bonchev–Trinajstić information content (AvgIpc) is 1.99. The highest BCUT2D eigenvalue weighted by atomic mass is 28.3. The third-order valence-electron chi connectivity index (χ3n) is 1.21. The molecule has 59 valence electrons. The summed E-state index contributed by atoms with van der Waals surface area (Å²) in [6, 6.07) is 1.03. The molecule has 0 amide bonds. The van der Waals surface area contributed by atoms with Gasteiger partial charge in [-0.1, -0.05) is 12.2 Å². The zero-order valence-electron chi connectivity index (χ0n) is 6.89. The smallest absolute Gasteiger partial charge is 0.384 e. The van der Waals surface area contributed by atoms with Gasteiger partial charge in [-0.2, -0.15) is 0 Å². The highest BCUT2D eigenvalue weighted by Gasteiger charge is 2.08. The Morgan fingerprint density at radius 2 is 1.90 bits per heavy atom. The lowest BCUT2D eigenvalue weighted by molar-refractivity contribution is 0.278. The van der Waals surface area contributed by atoms with Gasteiger partial charge < -0.3 is 8.85 Å². The Morgan fingerprint density at radius 3 is 2.30 bits per heavy atom. The maximum absolute atomic E-state index is 5.09. The minimum absolute atomic E-state index is 0.947. The van der Waals surface area contributed by atoms with Gasteiger partial charge >= 0.3 is 9.28 Å². The van der Waals surface area contributed by atoms with E-state index in [1.807, 2.05) is 13.0 Å². The molecule has 0 aliphatic carbocycles. The van der Waals surface area contributed by atoms with Gasteiger partial charge in [0.25, 0.3) is 0 Å². The summed E-state index contributed by atoms with van der Waals surface area (Å²) in [5.74, 6) is 0. The first-order chi connectivity index (χ1) is 4.85. The summed E-state index contributed by atoms with van der Waals surface area (Å²) < 4.78 is 10.2. The van der Waals surface area contributed by atoms with E-state index >= 15 is 0 Å². The maximum atomic E-state index is 5.09. The standard InChI is InChI=1S/C7H15O2Si/c1-4-5-6-7-10(8-2)9-3/h4-5H,6-7H2,1-3H3. The van der Waals surface area contributed by atoms with Crippen LogP contribution in [0.25, 0.3) is 0 Å². The Morgan fingerprint density at radius 1 is 1.30 bits per heavy atom. The molecule has 0 rings (SSSR count). The predicted octanol–water partition coefficient (Wildman–Crippen LogP) is 1.73. The second-order valence-corrected chi connectivity index (χ2v) is 3.95. The first-order valence-electron chi connectivity index (χ1n) is 3.40. The Hall–Kier alpha value is -0.123. The topological polar surface area (TPSA) is 18.5 Å². The van der Waals surface area contributed by atoms with Crippen molar-refractivity contribution >= 4 is 9.28 Å². The monoisotopic (exact) mass is 159 g/mol. The van der Waals surface area contributed by atoms with E-state index in [0.717, 1.165) is 12.5 Å². The zero-order valence-corrected chi connectivity index (χ0v) is 7.89. The number of rotatable bonds is 5. The van der Waals surface area contributed by atoms with Crippen molar-refractivity contribution in [3.8, 4) is 0 Å². The molecule has 0 heterocycles. The van der Waals surface area contributed by atoms with Crippen molar-refractivity contribution in [1.29, 1.82) is 0 Å². The SMILES string of the molecule is CC=CCC[Si](OC)OC. The van der Waals surface area contributed by atoms with Crippen molar-refractivity contribution in [3.63, 3.8) is 0 Å². The molecule has 0 aromatic heterocycles. The summed E-state index contributed by atoms with van der Waals surface area (Å²) in [4.78, 5) is 0. The Bertz CT molecular complexity index is 89.6. The lowest BCUT2D eigenvalue weighted by Crippen LogP contribution is -2.17. The first-order valence-corrected chi connectivity index (χ1v) is 4.92. The van der Waals surface area contributed by atoms with Crippen LogP contribution < -0.4 is 0 Å². The third kappa shape index (κ3) is 4.73. The third-order valence-corrected chi connectivity index (χ3v) is 2.81. The van der Waals surface area contributed by atoms with Crippen molar-refractivity contribution in [3.05, 3.63) is 12.2 Å². The Kier molecular flexibility index (Phi) is 6.90. The fraction of sp³-hybridized carbons (Fsp3) is 0.714. The van der Waals surface area contributed by atoms with E-state index in [0.29, 0.717) is 0 Å². The fourth-order valence-electron chi connectivity index (χ4n) is 0.655. The lowest BCUT2D eigenvalue weighted by atomic mass is 10.4. The van der Waals surface area contributed by atoms with Gasteiger partial charge in [0, 0.05) is 14.2 Å². The van der Waals surface area contributed by atoms with Crippen LogP contribution in [-0.4, -0.2) is 23.5 Å². The minimum atomic E-state index is -0.947. The molecular formula is C7H15O2Si. The van der Waals surface area contributed by atoms with Crippen molar-refractivity contribution in [2.75, 3.05) is 14.2 Å². The van der Waals surface area contributed by atoms with Crippen LogP contribution in [0.3, 0.4) is 0 Å². The molecule has 0 atom stereocenters. The van der Waals surface area contributed by atoms with E-state index in [-0.39, 0.29) is 0 Å². The minimum Gasteiger partial charge on any atom is -0.397 e. The molecule has 1 radical (unpaired) electrons. The summed E-state index contributed by atoms with van der Waals surface area (Å²) in [6.07, 6.45) is 5.24. The van der Waals surface area contributed by atoms with E-state index in [2.05, 4.69) is 6.08 Å². The summed E-state index contributed by atoms with van der Waals surface area (Å²) in [5.41, 5.74) is 0. The van der Waals surface area contributed by atoms with Gasteiger partial charge in [0.05, 0.1) is 0 Å². The molecular weight excluding hydrogens is 144 g/mol. The summed E-state index contributed by atoms with van der Waals surface area (Å²) >= 11 is 0. The zero-order chi connectivity index (χ0) is 7.82. The van der Waals surface area contributed by atoms with E-state index in [1.165, 1.54) is 0 Å². The second kappa shape index (κ2) is 6.99. The van der Waals surface area contributed by atoms with Crippen LogP contribution in [0.4, 0.5) is 0 Å². The van der Waals surface area contributed by atoms with Gasteiger partial charge in [0.2, 0.25) is 0 Å². The Labute approximate surface area is 64.7 Å². The molecule has 3 heteroatoms. The first kappa shape index (κ1) is 9.88. The van der Waals surface area contributed by atoms with Crippen molar-refractivity contribution in [2.24, 2.45) is 0 Å². The Balaban J connectivity index is 3.25. The fourth-order valence-corrected chi connectivity index (χ4v) is 1.63. The highest BCUT2D eigenvalue weighted by Crippen LogP contribution is 1.99. The van der Waals surface area contributed by atoms with E-state index < -0.39 is 9.28 Å². The van der Waals surface area contributed by atoms with E-state index in [4.69, 9.17) is 8.85 Å². The van der Waals surface area contributed by atoms with Gasteiger partial charge in [0.15, 0.2) is 0 Å². The molecule has 2 nitrogen and oxygen atoms in total. The molecule has 0 fully saturated rings. The molecule has 0 aromatic rings. The normalized spacial score (nSPS) is 11.6. The van der Waals surface area contributed by atoms with Gasteiger partial charge in [-0.05, 0) is 19.4 Å². The van der Waals surface area contributed by atoms with E-state index in [9.17, 15) is 0 Å². The molecule has 0 bridgehead atoms. The van der Waals surface area contributed by atoms with Crippen molar-refractivity contribution in [1.82, 2.24) is 0 Å². The molecule has 0 aliphatic rings. The maximum Gasteiger partial charge on any atom is 0.384 e. The van der Waals surface area contributed by atoms with Crippen LogP contribution in [0.2, 0.25) is 6.04 Å². The molecule has 0 saturated heterocycles. The van der Waals surface area contributed by atoms with Crippen molar-refractivity contribution in [2.45, 2.75) is 19.4 Å². The molecule has 0 aromatic carbocycles. The van der Waals surface area contributed by atoms with Gasteiger partial charge in [-0.3, -0.25) is 0 Å². The van der Waals surface area contributed by atoms with Crippen LogP contribution in [0.1, 0.15) is 13.3 Å².